The zero-order valence-electron chi connectivity index (χ0n) is 12.0. The van der Waals surface area contributed by atoms with Crippen LogP contribution in [0.5, 0.6) is 0 Å². The monoisotopic (exact) mass is 278 g/mol. The molecule has 3 N–H and O–H groups in total. The largest absolute Gasteiger partial charge is 0.393 e. The van der Waals surface area contributed by atoms with Crippen molar-refractivity contribution in [3.05, 3.63) is 29.8 Å². The Balaban J connectivity index is 2.39. The van der Waals surface area contributed by atoms with Crippen molar-refractivity contribution in [1.82, 2.24) is 5.32 Å². The molecule has 0 radical (unpaired) electrons. The average Bonchev–Trinajstić information content (AvgIpc) is 2.47. The van der Waals surface area contributed by atoms with Crippen molar-refractivity contribution in [2.75, 3.05) is 11.9 Å². The first-order valence-corrected chi connectivity index (χ1v) is 6.93. The number of carbonyl (C=O) groups is 2. The lowest BCUT2D eigenvalue weighted by molar-refractivity contribution is -0.136. The summed E-state index contributed by atoms with van der Waals surface area (Å²) in [6.07, 6.45) is 1.56. The second-order valence-corrected chi connectivity index (χ2v) is 4.61. The fraction of sp³-hybridized carbons (Fsp3) is 0.467. The van der Waals surface area contributed by atoms with Gasteiger partial charge in [-0.15, -0.1) is 0 Å². The Morgan fingerprint density at radius 1 is 1.15 bits per heavy atom. The van der Waals surface area contributed by atoms with Gasteiger partial charge in [-0.1, -0.05) is 26.0 Å². The van der Waals surface area contributed by atoms with E-state index in [0.29, 0.717) is 18.5 Å². The highest BCUT2D eigenvalue weighted by Crippen LogP contribution is 2.09. The predicted octanol–water partition coefficient (Wildman–Crippen LogP) is 1.46. The van der Waals surface area contributed by atoms with Crippen LogP contribution in [-0.4, -0.2) is 29.6 Å². The van der Waals surface area contributed by atoms with Crippen LogP contribution in [0.1, 0.15) is 32.3 Å². The van der Waals surface area contributed by atoms with E-state index >= 15 is 0 Å². The van der Waals surface area contributed by atoms with E-state index in [9.17, 15) is 14.7 Å². The van der Waals surface area contributed by atoms with Crippen molar-refractivity contribution >= 4 is 17.5 Å². The van der Waals surface area contributed by atoms with Gasteiger partial charge in [-0.05, 0) is 37.0 Å². The van der Waals surface area contributed by atoms with Crippen LogP contribution in [0.4, 0.5) is 5.69 Å². The topological polar surface area (TPSA) is 78.4 Å². The van der Waals surface area contributed by atoms with E-state index < -0.39 is 17.9 Å². The molecule has 1 aromatic rings. The Labute approximate surface area is 119 Å². The molecule has 0 saturated carbocycles. The summed E-state index contributed by atoms with van der Waals surface area (Å²) < 4.78 is 0. The van der Waals surface area contributed by atoms with Crippen molar-refractivity contribution in [1.29, 1.82) is 0 Å². The zero-order chi connectivity index (χ0) is 15.0. The fourth-order valence-electron chi connectivity index (χ4n) is 1.65. The summed E-state index contributed by atoms with van der Waals surface area (Å²) >= 11 is 0. The Morgan fingerprint density at radius 3 is 2.35 bits per heavy atom. The Bertz CT molecular complexity index is 443. The molecule has 0 aromatic heterocycles. The number of amides is 2. The summed E-state index contributed by atoms with van der Waals surface area (Å²) in [6.45, 7) is 4.20. The number of hydrogen-bond donors (Lipinski definition) is 3. The molecule has 5 heteroatoms. The lowest BCUT2D eigenvalue weighted by atomic mass is 10.1. The first kappa shape index (κ1) is 16.2. The molecule has 2 amide bonds. The highest BCUT2D eigenvalue weighted by atomic mass is 16.3. The minimum atomic E-state index is -0.694. The first-order valence-electron chi connectivity index (χ1n) is 6.93. The Kier molecular flexibility index (Phi) is 6.73. The molecule has 1 rings (SSSR count). The number of benzene rings is 1. The van der Waals surface area contributed by atoms with Gasteiger partial charge >= 0.3 is 11.8 Å². The molecular formula is C15H22N2O3. The zero-order valence-corrected chi connectivity index (χ0v) is 12.0. The Morgan fingerprint density at radius 2 is 1.80 bits per heavy atom. The molecule has 5 nitrogen and oxygen atoms in total. The van der Waals surface area contributed by atoms with Gasteiger partial charge in [0, 0.05) is 12.2 Å². The third-order valence-electron chi connectivity index (χ3n) is 3.06. The van der Waals surface area contributed by atoms with Gasteiger partial charge in [0.25, 0.3) is 0 Å². The van der Waals surface area contributed by atoms with Crippen molar-refractivity contribution in [2.45, 2.75) is 39.2 Å². The van der Waals surface area contributed by atoms with Gasteiger partial charge < -0.3 is 15.7 Å². The van der Waals surface area contributed by atoms with Crippen molar-refractivity contribution in [2.24, 2.45) is 0 Å². The molecule has 0 aliphatic carbocycles. The highest BCUT2D eigenvalue weighted by molar-refractivity contribution is 6.39. The summed E-state index contributed by atoms with van der Waals surface area (Å²) in [7, 11) is 0. The SMILES string of the molecule is CCc1ccc(NC(=O)C(=O)NCCC(O)CC)cc1. The molecule has 0 spiro atoms. The fourth-order valence-corrected chi connectivity index (χ4v) is 1.65. The van der Waals surface area contributed by atoms with Gasteiger partial charge in [0.2, 0.25) is 0 Å². The third-order valence-corrected chi connectivity index (χ3v) is 3.06. The van der Waals surface area contributed by atoms with E-state index in [-0.39, 0.29) is 6.54 Å². The summed E-state index contributed by atoms with van der Waals surface area (Å²) in [5.74, 6) is -1.38. The number of aryl methyl sites for hydroxylation is 1. The maximum atomic E-state index is 11.6. The molecule has 1 atom stereocenters. The predicted molar refractivity (Wildman–Crippen MR) is 78.4 cm³/mol. The van der Waals surface area contributed by atoms with Crippen LogP contribution in [-0.2, 0) is 16.0 Å². The van der Waals surface area contributed by atoms with E-state index in [1.54, 1.807) is 12.1 Å². The number of hydrogen-bond acceptors (Lipinski definition) is 3. The molecular weight excluding hydrogens is 256 g/mol. The van der Waals surface area contributed by atoms with Crippen LogP contribution < -0.4 is 10.6 Å². The third kappa shape index (κ3) is 5.40. The second kappa shape index (κ2) is 8.32. The van der Waals surface area contributed by atoms with Gasteiger partial charge in [0.15, 0.2) is 0 Å². The summed E-state index contributed by atoms with van der Waals surface area (Å²) in [4.78, 5) is 23.2. The molecule has 0 saturated heterocycles. The van der Waals surface area contributed by atoms with E-state index in [4.69, 9.17) is 0 Å². The minimum Gasteiger partial charge on any atom is -0.393 e. The van der Waals surface area contributed by atoms with Gasteiger partial charge in [-0.2, -0.15) is 0 Å². The van der Waals surface area contributed by atoms with Crippen LogP contribution in [0, 0.1) is 0 Å². The highest BCUT2D eigenvalue weighted by Gasteiger charge is 2.13. The van der Waals surface area contributed by atoms with Crippen LogP contribution >= 0.6 is 0 Å². The standard InChI is InChI=1S/C15H22N2O3/c1-3-11-5-7-12(8-6-11)17-15(20)14(19)16-10-9-13(18)4-2/h5-8,13,18H,3-4,9-10H2,1-2H3,(H,16,19)(H,17,20). The van der Waals surface area contributed by atoms with Crippen LogP contribution in [0.15, 0.2) is 24.3 Å². The van der Waals surface area contributed by atoms with Gasteiger partial charge in [-0.25, -0.2) is 0 Å². The summed E-state index contributed by atoms with van der Waals surface area (Å²) in [6, 6.07) is 7.35. The number of carbonyl (C=O) groups excluding carboxylic acids is 2. The van der Waals surface area contributed by atoms with Gasteiger partial charge in [0.05, 0.1) is 6.10 Å². The molecule has 0 aliphatic heterocycles. The summed E-state index contributed by atoms with van der Waals surface area (Å²) in [5.41, 5.74) is 1.76. The van der Waals surface area contributed by atoms with Crippen molar-refractivity contribution in [3.63, 3.8) is 0 Å². The number of anilines is 1. The molecule has 0 bridgehead atoms. The Hall–Kier alpha value is -1.88. The maximum Gasteiger partial charge on any atom is 0.313 e. The molecule has 0 fully saturated rings. The van der Waals surface area contributed by atoms with Crippen LogP contribution in [0.2, 0.25) is 0 Å². The summed E-state index contributed by atoms with van der Waals surface area (Å²) in [5, 5.41) is 14.4. The molecule has 20 heavy (non-hydrogen) atoms. The molecule has 0 heterocycles. The van der Waals surface area contributed by atoms with Gasteiger partial charge in [0.1, 0.15) is 0 Å². The lowest BCUT2D eigenvalue weighted by Gasteiger charge is -2.09. The van der Waals surface area contributed by atoms with E-state index in [2.05, 4.69) is 10.6 Å². The number of nitrogens with one attached hydrogen (secondary N) is 2. The van der Waals surface area contributed by atoms with E-state index in [1.807, 2.05) is 26.0 Å². The molecule has 1 aromatic carbocycles. The maximum absolute atomic E-state index is 11.6. The quantitative estimate of drug-likeness (QED) is 0.689. The van der Waals surface area contributed by atoms with Crippen LogP contribution in [0.25, 0.3) is 0 Å². The minimum absolute atomic E-state index is 0.288. The van der Waals surface area contributed by atoms with E-state index in [1.165, 1.54) is 5.56 Å². The smallest absolute Gasteiger partial charge is 0.313 e. The van der Waals surface area contributed by atoms with E-state index in [0.717, 1.165) is 6.42 Å². The number of aliphatic hydroxyl groups is 1. The average molecular weight is 278 g/mol. The second-order valence-electron chi connectivity index (χ2n) is 4.61. The lowest BCUT2D eigenvalue weighted by Crippen LogP contribution is -2.36. The van der Waals surface area contributed by atoms with Crippen molar-refractivity contribution < 1.29 is 14.7 Å². The number of rotatable bonds is 6. The van der Waals surface area contributed by atoms with Crippen LogP contribution in [0.3, 0.4) is 0 Å². The molecule has 110 valence electrons. The number of aliphatic hydroxyl groups excluding tert-OH is 1. The molecule has 1 unspecified atom stereocenters. The van der Waals surface area contributed by atoms with Gasteiger partial charge in [-0.3, -0.25) is 9.59 Å². The molecule has 0 aliphatic rings. The first-order chi connectivity index (χ1) is 9.56. The van der Waals surface area contributed by atoms with Crippen molar-refractivity contribution in [3.8, 4) is 0 Å². The normalized spacial score (nSPS) is 11.8.